The van der Waals surface area contributed by atoms with E-state index in [0.717, 1.165) is 65.0 Å². The van der Waals surface area contributed by atoms with E-state index in [2.05, 4.69) is 89.4 Å². The molecular weight excluding hydrogens is 845 g/mol. The number of aliphatic hydroxyl groups excluding tert-OH is 2. The number of unbranched alkanes of at least 4 members (excludes halogenated alkanes) is 2. The molecule has 2 saturated carbocycles. The average molecular weight is 933 g/mol. The van der Waals surface area contributed by atoms with Crippen molar-refractivity contribution in [2.75, 3.05) is 33.0 Å². The lowest BCUT2D eigenvalue weighted by atomic mass is 9.67. The van der Waals surface area contributed by atoms with E-state index in [0.29, 0.717) is 62.2 Å². The van der Waals surface area contributed by atoms with E-state index in [-0.39, 0.29) is 26.4 Å². The summed E-state index contributed by atoms with van der Waals surface area (Å²) in [7, 11) is 0. The van der Waals surface area contributed by atoms with Gasteiger partial charge in [0.1, 0.15) is 5.75 Å². The lowest BCUT2D eigenvalue weighted by Gasteiger charge is -2.38. The normalized spacial score (nSPS) is 18.5. The third kappa shape index (κ3) is 15.4. The molecule has 3 aromatic rings. The van der Waals surface area contributed by atoms with Gasteiger partial charge in [-0.25, -0.2) is 9.59 Å². The maximum Gasteiger partial charge on any atom is 0.333 e. The molecule has 0 spiro atoms. The van der Waals surface area contributed by atoms with Crippen molar-refractivity contribution in [2.45, 2.75) is 182 Å². The Bertz CT molecular complexity index is 2020. The predicted molar refractivity (Wildman–Crippen MR) is 280 cm³/mol. The van der Waals surface area contributed by atoms with Crippen LogP contribution < -0.4 is 4.74 Å². The molecule has 0 unspecified atom stereocenters. The molecule has 0 aromatic heterocycles. The highest BCUT2D eigenvalue weighted by molar-refractivity contribution is 5.87. The fourth-order valence-electron chi connectivity index (χ4n) is 11.3. The number of aryl methyl sites for hydroxylation is 4. The quantitative estimate of drug-likeness (QED) is 0.0425. The van der Waals surface area contributed by atoms with Gasteiger partial charge in [0.05, 0.1) is 33.0 Å². The van der Waals surface area contributed by atoms with E-state index < -0.39 is 17.4 Å². The Morgan fingerprint density at radius 1 is 0.603 bits per heavy atom. The Hall–Kier alpha value is -4.20. The summed E-state index contributed by atoms with van der Waals surface area (Å²) in [5.41, 5.74) is 11.1. The van der Waals surface area contributed by atoms with Crippen LogP contribution >= 0.6 is 0 Å². The monoisotopic (exact) mass is 933 g/mol. The minimum Gasteiger partial charge on any atom is -0.493 e. The number of benzene rings is 3. The average Bonchev–Trinajstić information content (AvgIpc) is 3.36. The van der Waals surface area contributed by atoms with Gasteiger partial charge in [-0.2, -0.15) is 0 Å². The Morgan fingerprint density at radius 3 is 1.65 bits per heavy atom. The smallest absolute Gasteiger partial charge is 0.333 e. The summed E-state index contributed by atoms with van der Waals surface area (Å²) in [6, 6.07) is 18.6. The number of hydrogen-bond acceptors (Lipinski definition) is 7. The molecule has 374 valence electrons. The zero-order chi connectivity index (χ0) is 49.1. The molecule has 0 bridgehead atoms. The first kappa shape index (κ1) is 54.7. The topological polar surface area (TPSA) is 102 Å². The van der Waals surface area contributed by atoms with E-state index in [9.17, 15) is 19.8 Å². The Balaban J connectivity index is 1.40. The summed E-state index contributed by atoms with van der Waals surface area (Å²) in [5, 5.41) is 20.7. The minimum atomic E-state index is -0.635. The fourth-order valence-corrected chi connectivity index (χ4v) is 11.3. The maximum atomic E-state index is 12.3. The predicted octanol–water partition coefficient (Wildman–Crippen LogP) is 14.4. The number of rotatable bonds is 28. The third-order valence-electron chi connectivity index (χ3n) is 15.6. The largest absolute Gasteiger partial charge is 0.493 e. The van der Waals surface area contributed by atoms with Gasteiger partial charge in [0.15, 0.2) is 0 Å². The van der Waals surface area contributed by atoms with Crippen molar-refractivity contribution in [3.63, 3.8) is 0 Å². The molecule has 2 fully saturated rings. The maximum absolute atomic E-state index is 12.3. The van der Waals surface area contributed by atoms with E-state index in [1.807, 2.05) is 0 Å². The highest BCUT2D eigenvalue weighted by Gasteiger charge is 2.32. The minimum absolute atomic E-state index is 0.123. The second-order valence-corrected chi connectivity index (χ2v) is 20.7. The van der Waals surface area contributed by atoms with Crippen LogP contribution in [0.5, 0.6) is 5.75 Å². The first-order valence-electron chi connectivity index (χ1n) is 26.8. The van der Waals surface area contributed by atoms with Crippen LogP contribution in [0.3, 0.4) is 0 Å². The molecule has 0 amide bonds. The molecular formula is C61H88O7. The summed E-state index contributed by atoms with van der Waals surface area (Å²) >= 11 is 0. The molecule has 0 radical (unpaired) electrons. The van der Waals surface area contributed by atoms with Gasteiger partial charge in [0.25, 0.3) is 0 Å². The van der Waals surface area contributed by atoms with Crippen LogP contribution in [0.4, 0.5) is 0 Å². The molecule has 2 aliphatic carbocycles. The van der Waals surface area contributed by atoms with Crippen molar-refractivity contribution < 1.29 is 34.0 Å². The van der Waals surface area contributed by atoms with Gasteiger partial charge < -0.3 is 24.4 Å². The van der Waals surface area contributed by atoms with Crippen LogP contribution in [-0.4, -0.2) is 55.2 Å². The van der Waals surface area contributed by atoms with Crippen LogP contribution in [0.15, 0.2) is 72.8 Å². The van der Waals surface area contributed by atoms with Crippen molar-refractivity contribution in [3.05, 3.63) is 101 Å². The number of carbonyl (C=O) groups is 2. The molecule has 7 nitrogen and oxygen atoms in total. The summed E-state index contributed by atoms with van der Waals surface area (Å²) in [6.45, 7) is 20.2. The van der Waals surface area contributed by atoms with Crippen LogP contribution in [0.2, 0.25) is 0 Å². The van der Waals surface area contributed by atoms with Crippen molar-refractivity contribution >= 4 is 11.9 Å². The van der Waals surface area contributed by atoms with Crippen LogP contribution in [0, 0.1) is 23.2 Å². The number of carbonyl (C=O) groups excluding carboxylic acids is 2. The molecule has 0 saturated heterocycles. The van der Waals surface area contributed by atoms with Gasteiger partial charge in [-0.15, -0.1) is 0 Å². The molecule has 0 aliphatic heterocycles. The lowest BCUT2D eigenvalue weighted by molar-refractivity contribution is -0.139. The summed E-state index contributed by atoms with van der Waals surface area (Å²) in [4.78, 5) is 24.6. The van der Waals surface area contributed by atoms with Gasteiger partial charge in [-0.1, -0.05) is 122 Å². The van der Waals surface area contributed by atoms with Gasteiger partial charge in [0.2, 0.25) is 0 Å². The van der Waals surface area contributed by atoms with Crippen molar-refractivity contribution in [1.29, 1.82) is 0 Å². The Labute approximate surface area is 411 Å². The third-order valence-corrected chi connectivity index (χ3v) is 15.6. The summed E-state index contributed by atoms with van der Waals surface area (Å²) < 4.78 is 17.7. The van der Waals surface area contributed by atoms with Crippen molar-refractivity contribution in [3.8, 4) is 28.0 Å². The number of ether oxygens (including phenoxy) is 3. The first-order chi connectivity index (χ1) is 32.9. The van der Waals surface area contributed by atoms with Crippen LogP contribution in [0.25, 0.3) is 22.3 Å². The van der Waals surface area contributed by atoms with E-state index in [4.69, 9.17) is 14.2 Å². The lowest BCUT2D eigenvalue weighted by Crippen LogP contribution is -2.31. The molecule has 0 heterocycles. The van der Waals surface area contributed by atoms with Crippen LogP contribution in [-0.2, 0) is 44.7 Å². The van der Waals surface area contributed by atoms with Gasteiger partial charge in [-0.05, 0) is 190 Å². The highest BCUT2D eigenvalue weighted by atomic mass is 16.5. The van der Waals surface area contributed by atoms with E-state index in [1.165, 1.54) is 99.3 Å². The number of hydrogen-bond donors (Lipinski definition) is 2. The molecule has 5 rings (SSSR count). The van der Waals surface area contributed by atoms with E-state index in [1.54, 1.807) is 19.4 Å². The summed E-state index contributed by atoms with van der Waals surface area (Å²) in [5.74, 6) is 3.45. The Kier molecular flexibility index (Phi) is 22.4. The van der Waals surface area contributed by atoms with Crippen molar-refractivity contribution in [1.82, 2.24) is 0 Å². The highest BCUT2D eigenvalue weighted by Crippen LogP contribution is 2.46. The molecule has 2 N–H and O–H groups in total. The molecule has 2 aliphatic rings. The van der Waals surface area contributed by atoms with Gasteiger partial charge >= 0.3 is 11.9 Å². The SMILES string of the molecule is C=C(C)C(=O)OCCCc1cc(-c2ccc(-c3ccc(C4CCC(C5CCC(CCCCC)CC5)CC4)c(CC)c3)cc2CC)cc(CCCOC(=O)C(=C)C)c1OCCC(CO)(CO)CCC. The first-order valence-corrected chi connectivity index (χ1v) is 26.8. The second-order valence-electron chi connectivity index (χ2n) is 20.7. The summed E-state index contributed by atoms with van der Waals surface area (Å²) in [6.07, 6.45) is 23.1. The zero-order valence-electron chi connectivity index (χ0n) is 43.2. The van der Waals surface area contributed by atoms with E-state index >= 15 is 0 Å². The van der Waals surface area contributed by atoms with Gasteiger partial charge in [0, 0.05) is 16.6 Å². The number of aliphatic hydroxyl groups is 2. The fraction of sp³-hybridized carbons (Fsp3) is 0.607. The standard InChI is InChI=1S/C61H88O7/c1-9-13-14-17-45-20-22-48(23-21-45)49-24-26-50(27-25-49)56-30-28-51(37-46(56)11-3)52-29-31-57(47(12-4)38-52)55-39-53(18-15-34-67-59(64)43(5)6)58(66-36-33-61(41-62,42-63)32-10-2)54(40-55)19-16-35-68-60(65)44(7)8/h28-31,37-40,45,48-50,62-63H,5,7,9-27,32-36,41-42H2,1-4,6,8H3. The molecule has 7 heteroatoms. The second kappa shape index (κ2) is 27.9. The molecule has 3 aromatic carbocycles. The van der Waals surface area contributed by atoms with Crippen molar-refractivity contribution in [2.24, 2.45) is 23.2 Å². The molecule has 68 heavy (non-hydrogen) atoms. The molecule has 0 atom stereocenters. The van der Waals surface area contributed by atoms with Crippen LogP contribution in [0.1, 0.15) is 184 Å². The zero-order valence-corrected chi connectivity index (χ0v) is 43.2. The Morgan fingerprint density at radius 2 is 1.13 bits per heavy atom. The van der Waals surface area contributed by atoms with Gasteiger partial charge in [-0.3, -0.25) is 0 Å². The number of esters is 2.